The highest BCUT2D eigenvalue weighted by Crippen LogP contribution is 2.10. The molecule has 0 aromatic heterocycles. The molecule has 1 aromatic rings. The van der Waals surface area contributed by atoms with Crippen molar-refractivity contribution in [2.45, 2.75) is 20.3 Å². The lowest BCUT2D eigenvalue weighted by molar-refractivity contribution is -0.120. The number of carbonyl (C=O) groups excluding carboxylic acids is 2. The number of benzene rings is 1. The number of hydrogen-bond acceptors (Lipinski definition) is 2. The van der Waals surface area contributed by atoms with Crippen molar-refractivity contribution in [2.75, 3.05) is 11.9 Å². The van der Waals surface area contributed by atoms with Crippen LogP contribution in [-0.4, -0.2) is 18.4 Å². The third-order valence-electron chi connectivity index (χ3n) is 2.28. The average molecular weight is 246 g/mol. The Labute approximate surface area is 107 Å². The quantitative estimate of drug-likeness (QED) is 0.779. The molecule has 0 aliphatic carbocycles. The van der Waals surface area contributed by atoms with Crippen LogP contribution in [0.25, 0.3) is 0 Å². The minimum Gasteiger partial charge on any atom is -0.356 e. The van der Waals surface area contributed by atoms with Gasteiger partial charge in [-0.25, -0.2) is 0 Å². The summed E-state index contributed by atoms with van der Waals surface area (Å²) in [7, 11) is 0. The summed E-state index contributed by atoms with van der Waals surface area (Å²) in [6, 6.07) is 7.24. The molecule has 4 heteroatoms. The zero-order valence-corrected chi connectivity index (χ0v) is 10.7. The molecule has 1 rings (SSSR count). The Morgan fingerprint density at radius 2 is 1.89 bits per heavy atom. The molecule has 0 atom stereocenters. The first kappa shape index (κ1) is 14.0. The van der Waals surface area contributed by atoms with Gasteiger partial charge in [-0.05, 0) is 37.6 Å². The number of anilines is 1. The Morgan fingerprint density at radius 3 is 2.44 bits per heavy atom. The van der Waals surface area contributed by atoms with Gasteiger partial charge in [0, 0.05) is 12.2 Å². The summed E-state index contributed by atoms with van der Waals surface area (Å²) in [5, 5.41) is 5.46. The zero-order valence-electron chi connectivity index (χ0n) is 10.7. The van der Waals surface area contributed by atoms with E-state index in [9.17, 15) is 9.59 Å². The van der Waals surface area contributed by atoms with Gasteiger partial charge in [-0.15, -0.1) is 0 Å². The van der Waals surface area contributed by atoms with E-state index in [1.807, 2.05) is 19.1 Å². The summed E-state index contributed by atoms with van der Waals surface area (Å²) in [5.74, 6) is -0.155. The Kier molecular flexibility index (Phi) is 5.64. The fourth-order valence-electron chi connectivity index (χ4n) is 1.49. The fraction of sp³-hybridized carbons (Fsp3) is 0.286. The zero-order chi connectivity index (χ0) is 13.4. The van der Waals surface area contributed by atoms with Crippen LogP contribution in [0.5, 0.6) is 0 Å². The normalized spacial score (nSPS) is 10.3. The van der Waals surface area contributed by atoms with Crippen LogP contribution in [-0.2, 0) is 16.0 Å². The van der Waals surface area contributed by atoms with Gasteiger partial charge in [0.25, 0.3) is 0 Å². The predicted molar refractivity (Wildman–Crippen MR) is 72.3 cm³/mol. The lowest BCUT2D eigenvalue weighted by Gasteiger charge is -2.05. The summed E-state index contributed by atoms with van der Waals surface area (Å²) in [5.41, 5.74) is 1.64. The predicted octanol–water partition coefficient (Wildman–Crippen LogP) is 1.88. The molecular formula is C14H18N2O2. The van der Waals surface area contributed by atoms with E-state index < -0.39 is 0 Å². The van der Waals surface area contributed by atoms with Gasteiger partial charge < -0.3 is 10.6 Å². The van der Waals surface area contributed by atoms with Gasteiger partial charge in [0.2, 0.25) is 11.8 Å². The minimum absolute atomic E-state index is 0.00296. The van der Waals surface area contributed by atoms with E-state index in [2.05, 4.69) is 10.6 Å². The number of carbonyl (C=O) groups is 2. The van der Waals surface area contributed by atoms with Crippen molar-refractivity contribution < 1.29 is 9.59 Å². The van der Waals surface area contributed by atoms with Crippen LogP contribution < -0.4 is 10.6 Å². The number of nitrogens with one attached hydrogen (secondary N) is 2. The molecule has 0 spiro atoms. The Hall–Kier alpha value is -2.10. The summed E-state index contributed by atoms with van der Waals surface area (Å²) in [4.78, 5) is 22.7. The van der Waals surface area contributed by atoms with Crippen LogP contribution in [0.15, 0.2) is 36.4 Å². The molecule has 18 heavy (non-hydrogen) atoms. The average Bonchev–Trinajstić information content (AvgIpc) is 2.32. The van der Waals surface area contributed by atoms with Gasteiger partial charge in [0.1, 0.15) is 0 Å². The summed E-state index contributed by atoms with van der Waals surface area (Å²) in [6.07, 6.45) is 3.50. The minimum atomic E-state index is -0.158. The molecule has 0 unspecified atom stereocenters. The molecule has 0 saturated heterocycles. The number of hydrogen-bond donors (Lipinski definition) is 2. The number of allylic oxidation sites excluding steroid dienone is 1. The Bertz CT molecular complexity index is 436. The van der Waals surface area contributed by atoms with E-state index >= 15 is 0 Å². The number of amides is 2. The summed E-state index contributed by atoms with van der Waals surface area (Å²) in [6.45, 7) is 4.31. The van der Waals surface area contributed by atoms with Crippen molar-refractivity contribution >= 4 is 17.5 Å². The van der Waals surface area contributed by atoms with E-state index in [1.54, 1.807) is 25.1 Å². The van der Waals surface area contributed by atoms with Crippen LogP contribution in [0.3, 0.4) is 0 Å². The first-order valence-electron chi connectivity index (χ1n) is 5.95. The maximum atomic E-state index is 11.4. The van der Waals surface area contributed by atoms with Gasteiger partial charge in [-0.2, -0.15) is 0 Å². The molecule has 0 heterocycles. The third kappa shape index (κ3) is 4.82. The smallest absolute Gasteiger partial charge is 0.248 e. The number of rotatable bonds is 5. The highest BCUT2D eigenvalue weighted by Gasteiger charge is 2.02. The summed E-state index contributed by atoms with van der Waals surface area (Å²) < 4.78 is 0. The highest BCUT2D eigenvalue weighted by atomic mass is 16.2. The van der Waals surface area contributed by atoms with Crippen LogP contribution in [0, 0.1) is 0 Å². The topological polar surface area (TPSA) is 58.2 Å². The van der Waals surface area contributed by atoms with Crippen molar-refractivity contribution in [1.82, 2.24) is 5.32 Å². The second-order valence-corrected chi connectivity index (χ2v) is 3.82. The first-order valence-corrected chi connectivity index (χ1v) is 5.95. The van der Waals surface area contributed by atoms with Gasteiger partial charge >= 0.3 is 0 Å². The second-order valence-electron chi connectivity index (χ2n) is 3.82. The molecule has 2 N–H and O–H groups in total. The molecule has 0 fully saturated rings. The lowest BCUT2D eigenvalue weighted by Crippen LogP contribution is -2.24. The van der Waals surface area contributed by atoms with Gasteiger partial charge in [-0.3, -0.25) is 9.59 Å². The van der Waals surface area contributed by atoms with E-state index in [0.717, 1.165) is 11.3 Å². The fourth-order valence-corrected chi connectivity index (χ4v) is 1.49. The third-order valence-corrected chi connectivity index (χ3v) is 2.28. The molecule has 0 saturated carbocycles. The maximum Gasteiger partial charge on any atom is 0.248 e. The molecule has 1 aromatic carbocycles. The first-order chi connectivity index (χ1) is 8.65. The highest BCUT2D eigenvalue weighted by molar-refractivity contribution is 5.99. The van der Waals surface area contributed by atoms with Gasteiger partial charge in [-0.1, -0.05) is 18.2 Å². The van der Waals surface area contributed by atoms with E-state index in [0.29, 0.717) is 13.0 Å². The van der Waals surface area contributed by atoms with Crippen molar-refractivity contribution in [3.05, 3.63) is 42.0 Å². The van der Waals surface area contributed by atoms with Crippen LogP contribution in [0.4, 0.5) is 5.69 Å². The summed E-state index contributed by atoms with van der Waals surface area (Å²) >= 11 is 0. The Morgan fingerprint density at radius 1 is 1.22 bits per heavy atom. The van der Waals surface area contributed by atoms with Gasteiger partial charge in [0.15, 0.2) is 0 Å². The molecule has 0 bridgehead atoms. The maximum absolute atomic E-state index is 11.4. The molecule has 0 radical (unpaired) electrons. The lowest BCUT2D eigenvalue weighted by atomic mass is 10.1. The standard InChI is InChI=1S/C14H18N2O2/c1-3-5-13(17)16-12-8-6-11(7-9-12)10-14(18)15-4-2/h3,5-9H,4,10H2,1-2H3,(H,15,18)(H,16,17). The van der Waals surface area contributed by atoms with E-state index in [1.165, 1.54) is 6.08 Å². The van der Waals surface area contributed by atoms with Crippen LogP contribution in [0.1, 0.15) is 19.4 Å². The van der Waals surface area contributed by atoms with E-state index in [-0.39, 0.29) is 11.8 Å². The second kappa shape index (κ2) is 7.27. The Balaban J connectivity index is 2.57. The molecule has 2 amide bonds. The molecule has 96 valence electrons. The monoisotopic (exact) mass is 246 g/mol. The molecule has 4 nitrogen and oxygen atoms in total. The van der Waals surface area contributed by atoms with Crippen molar-refractivity contribution in [3.8, 4) is 0 Å². The van der Waals surface area contributed by atoms with Crippen molar-refractivity contribution in [2.24, 2.45) is 0 Å². The molecule has 0 aliphatic heterocycles. The van der Waals surface area contributed by atoms with Crippen molar-refractivity contribution in [1.29, 1.82) is 0 Å². The molecule has 0 aliphatic rings. The van der Waals surface area contributed by atoms with Gasteiger partial charge in [0.05, 0.1) is 6.42 Å². The SMILES string of the molecule is CC=CC(=O)Nc1ccc(CC(=O)NCC)cc1. The van der Waals surface area contributed by atoms with Crippen LogP contribution >= 0.6 is 0 Å². The molecular weight excluding hydrogens is 228 g/mol. The largest absolute Gasteiger partial charge is 0.356 e. The van der Waals surface area contributed by atoms with Crippen LogP contribution in [0.2, 0.25) is 0 Å². The van der Waals surface area contributed by atoms with E-state index in [4.69, 9.17) is 0 Å². The number of likely N-dealkylation sites (N-methyl/N-ethyl adjacent to an activating group) is 1. The van der Waals surface area contributed by atoms with Crippen molar-refractivity contribution in [3.63, 3.8) is 0 Å².